The third-order valence-electron chi connectivity index (χ3n) is 1.78. The van der Waals surface area contributed by atoms with Gasteiger partial charge in [0.1, 0.15) is 6.54 Å². The molecule has 5 heteroatoms. The topological polar surface area (TPSA) is 46.9 Å². The molecule has 1 amide bonds. The van der Waals surface area contributed by atoms with Gasteiger partial charge in [0.25, 0.3) is 0 Å². The molecular formula is C9H12ClN3O. The lowest BCUT2D eigenvalue weighted by molar-refractivity contribution is -0.121. The first-order chi connectivity index (χ1) is 6.65. The first-order valence-corrected chi connectivity index (χ1v) is 4.58. The van der Waals surface area contributed by atoms with Gasteiger partial charge >= 0.3 is 0 Å². The summed E-state index contributed by atoms with van der Waals surface area (Å²) < 4.78 is 1.56. The average Bonchev–Trinajstić information content (AvgIpc) is 2.46. The van der Waals surface area contributed by atoms with E-state index in [4.69, 9.17) is 11.6 Å². The molecule has 0 saturated heterocycles. The Morgan fingerprint density at radius 3 is 3.07 bits per heavy atom. The standard InChI is InChI=1S/C9H12ClN3O/c1-3-4-11-9(14)6-13-7(2)8(10)5-12-13/h3,5H,1,4,6H2,2H3,(H,11,14). The number of carbonyl (C=O) groups is 1. The summed E-state index contributed by atoms with van der Waals surface area (Å²) in [5.41, 5.74) is 0.792. The smallest absolute Gasteiger partial charge is 0.241 e. The molecule has 1 rings (SSSR count). The van der Waals surface area contributed by atoms with E-state index in [0.29, 0.717) is 11.6 Å². The van der Waals surface area contributed by atoms with Crippen molar-refractivity contribution in [3.05, 3.63) is 29.6 Å². The molecule has 0 atom stereocenters. The van der Waals surface area contributed by atoms with E-state index in [9.17, 15) is 4.79 Å². The third-order valence-corrected chi connectivity index (χ3v) is 2.15. The Morgan fingerprint density at radius 1 is 1.86 bits per heavy atom. The van der Waals surface area contributed by atoms with Crippen molar-refractivity contribution in [1.29, 1.82) is 0 Å². The number of nitrogens with zero attached hydrogens (tertiary/aromatic N) is 2. The highest BCUT2D eigenvalue weighted by atomic mass is 35.5. The van der Waals surface area contributed by atoms with Crippen molar-refractivity contribution < 1.29 is 4.79 Å². The second kappa shape index (κ2) is 4.81. The first kappa shape index (κ1) is 10.8. The molecule has 14 heavy (non-hydrogen) atoms. The molecule has 0 bridgehead atoms. The summed E-state index contributed by atoms with van der Waals surface area (Å²) in [7, 11) is 0. The fourth-order valence-electron chi connectivity index (χ4n) is 0.961. The minimum atomic E-state index is -0.104. The molecule has 0 aliphatic carbocycles. The lowest BCUT2D eigenvalue weighted by Gasteiger charge is -2.04. The van der Waals surface area contributed by atoms with Gasteiger partial charge in [0.15, 0.2) is 0 Å². The Balaban J connectivity index is 2.56. The Bertz CT molecular complexity index is 346. The van der Waals surface area contributed by atoms with Crippen LogP contribution in [0.3, 0.4) is 0 Å². The molecule has 0 fully saturated rings. The molecule has 0 unspecified atom stereocenters. The van der Waals surface area contributed by atoms with Crippen molar-refractivity contribution in [1.82, 2.24) is 15.1 Å². The second-order valence-electron chi connectivity index (χ2n) is 2.83. The van der Waals surface area contributed by atoms with Crippen LogP contribution in [0.5, 0.6) is 0 Å². The van der Waals surface area contributed by atoms with Crippen LogP contribution >= 0.6 is 11.6 Å². The van der Waals surface area contributed by atoms with Gasteiger partial charge in [-0.2, -0.15) is 5.10 Å². The van der Waals surface area contributed by atoms with Crippen LogP contribution in [0.25, 0.3) is 0 Å². The molecule has 0 aliphatic rings. The number of amides is 1. The summed E-state index contributed by atoms with van der Waals surface area (Å²) in [6, 6.07) is 0. The van der Waals surface area contributed by atoms with E-state index in [-0.39, 0.29) is 12.5 Å². The monoisotopic (exact) mass is 213 g/mol. The quantitative estimate of drug-likeness (QED) is 0.763. The average molecular weight is 214 g/mol. The number of carbonyl (C=O) groups excluding carboxylic acids is 1. The molecule has 0 spiro atoms. The molecule has 76 valence electrons. The van der Waals surface area contributed by atoms with Gasteiger partial charge in [0, 0.05) is 6.54 Å². The molecule has 4 nitrogen and oxygen atoms in total. The van der Waals surface area contributed by atoms with E-state index in [1.807, 2.05) is 6.92 Å². The lowest BCUT2D eigenvalue weighted by atomic mass is 10.4. The number of aromatic nitrogens is 2. The van der Waals surface area contributed by atoms with Gasteiger partial charge < -0.3 is 5.32 Å². The minimum absolute atomic E-state index is 0.104. The number of nitrogens with one attached hydrogen (secondary N) is 1. The predicted octanol–water partition coefficient (Wildman–Crippen LogP) is 1.15. The van der Waals surface area contributed by atoms with Crippen LogP contribution in [0, 0.1) is 6.92 Å². The second-order valence-corrected chi connectivity index (χ2v) is 3.24. The molecule has 1 aromatic rings. The van der Waals surface area contributed by atoms with Gasteiger partial charge in [-0.25, -0.2) is 0 Å². The van der Waals surface area contributed by atoms with Gasteiger partial charge in [-0.1, -0.05) is 17.7 Å². The number of hydrogen-bond donors (Lipinski definition) is 1. The molecule has 1 N–H and O–H groups in total. The van der Waals surface area contributed by atoms with Gasteiger partial charge in [0.2, 0.25) is 5.91 Å². The number of rotatable bonds is 4. The molecule has 0 saturated carbocycles. The van der Waals surface area contributed by atoms with E-state index in [1.54, 1.807) is 10.8 Å². The van der Waals surface area contributed by atoms with Crippen LogP contribution < -0.4 is 5.32 Å². The summed E-state index contributed by atoms with van der Waals surface area (Å²) in [6.45, 7) is 5.97. The van der Waals surface area contributed by atoms with Crippen molar-refractivity contribution in [3.8, 4) is 0 Å². The Morgan fingerprint density at radius 2 is 2.57 bits per heavy atom. The zero-order valence-electron chi connectivity index (χ0n) is 7.96. The summed E-state index contributed by atoms with van der Waals surface area (Å²) >= 11 is 5.79. The van der Waals surface area contributed by atoms with Crippen LogP contribution in [0.15, 0.2) is 18.9 Å². The maximum atomic E-state index is 11.3. The van der Waals surface area contributed by atoms with Gasteiger partial charge in [-0.05, 0) is 6.92 Å². The Labute approximate surface area is 87.6 Å². The van der Waals surface area contributed by atoms with Crippen molar-refractivity contribution in [2.45, 2.75) is 13.5 Å². The van der Waals surface area contributed by atoms with Crippen LogP contribution in [0.1, 0.15) is 5.69 Å². The predicted molar refractivity (Wildman–Crippen MR) is 55.2 cm³/mol. The largest absolute Gasteiger partial charge is 0.351 e. The molecule has 1 heterocycles. The van der Waals surface area contributed by atoms with Crippen molar-refractivity contribution >= 4 is 17.5 Å². The van der Waals surface area contributed by atoms with Gasteiger partial charge in [-0.3, -0.25) is 9.48 Å². The molecule has 1 aromatic heterocycles. The molecular weight excluding hydrogens is 202 g/mol. The van der Waals surface area contributed by atoms with Gasteiger partial charge in [-0.15, -0.1) is 6.58 Å². The molecule has 0 aliphatic heterocycles. The SMILES string of the molecule is C=CCNC(=O)Cn1ncc(Cl)c1C. The van der Waals surface area contributed by atoms with E-state index in [2.05, 4.69) is 17.0 Å². The van der Waals surface area contributed by atoms with E-state index in [1.165, 1.54) is 6.20 Å². The third kappa shape index (κ3) is 2.60. The maximum Gasteiger partial charge on any atom is 0.241 e. The number of halogens is 1. The van der Waals surface area contributed by atoms with Crippen LogP contribution in [-0.4, -0.2) is 22.2 Å². The maximum absolute atomic E-state index is 11.3. The fourth-order valence-corrected chi connectivity index (χ4v) is 1.10. The highest BCUT2D eigenvalue weighted by Gasteiger charge is 2.07. The Hall–Kier alpha value is -1.29. The van der Waals surface area contributed by atoms with Crippen LogP contribution in [0.4, 0.5) is 0 Å². The molecule has 0 aromatic carbocycles. The van der Waals surface area contributed by atoms with Crippen molar-refractivity contribution in [2.24, 2.45) is 0 Å². The van der Waals surface area contributed by atoms with Crippen molar-refractivity contribution in [2.75, 3.05) is 6.54 Å². The summed E-state index contributed by atoms with van der Waals surface area (Å²) in [5.74, 6) is -0.104. The van der Waals surface area contributed by atoms with Crippen LogP contribution in [-0.2, 0) is 11.3 Å². The minimum Gasteiger partial charge on any atom is -0.351 e. The highest BCUT2D eigenvalue weighted by molar-refractivity contribution is 6.31. The molecule has 0 radical (unpaired) electrons. The van der Waals surface area contributed by atoms with Crippen molar-refractivity contribution in [3.63, 3.8) is 0 Å². The van der Waals surface area contributed by atoms with E-state index < -0.39 is 0 Å². The lowest BCUT2D eigenvalue weighted by Crippen LogP contribution is -2.28. The zero-order chi connectivity index (χ0) is 10.6. The summed E-state index contributed by atoms with van der Waals surface area (Å²) in [4.78, 5) is 11.3. The summed E-state index contributed by atoms with van der Waals surface area (Å²) in [6.07, 6.45) is 3.15. The summed E-state index contributed by atoms with van der Waals surface area (Å²) in [5, 5.41) is 7.19. The highest BCUT2D eigenvalue weighted by Crippen LogP contribution is 2.12. The van der Waals surface area contributed by atoms with E-state index >= 15 is 0 Å². The number of hydrogen-bond acceptors (Lipinski definition) is 2. The zero-order valence-corrected chi connectivity index (χ0v) is 8.71. The normalized spacial score (nSPS) is 9.86. The van der Waals surface area contributed by atoms with Gasteiger partial charge in [0.05, 0.1) is 16.9 Å². The Kier molecular flexibility index (Phi) is 3.71. The van der Waals surface area contributed by atoms with Crippen LogP contribution in [0.2, 0.25) is 5.02 Å². The fraction of sp³-hybridized carbons (Fsp3) is 0.333. The first-order valence-electron chi connectivity index (χ1n) is 4.20. The van der Waals surface area contributed by atoms with E-state index in [0.717, 1.165) is 5.69 Å².